The first-order valence-corrected chi connectivity index (χ1v) is 6.36. The third-order valence-corrected chi connectivity index (χ3v) is 3.00. The van der Waals surface area contributed by atoms with E-state index in [1.807, 2.05) is 6.92 Å². The van der Waals surface area contributed by atoms with Crippen LogP contribution in [0.1, 0.15) is 25.1 Å². The van der Waals surface area contributed by atoms with Crippen LogP contribution in [0.4, 0.5) is 0 Å². The summed E-state index contributed by atoms with van der Waals surface area (Å²) in [5, 5.41) is 9.29. The molecule has 0 aliphatic rings. The Morgan fingerprint density at radius 1 is 1.50 bits per heavy atom. The first kappa shape index (κ1) is 13.3. The van der Waals surface area contributed by atoms with E-state index in [0.29, 0.717) is 16.8 Å². The van der Waals surface area contributed by atoms with Gasteiger partial charge in [0.2, 0.25) is 0 Å². The standard InChI is InChI=1S/C11H18N2O2S/c1-7(2)6-9-8(3)12-11(13-10(9)15)16-5-4-14/h7,14H,4-6H2,1-3H3,(H,12,13,15). The van der Waals surface area contributed by atoms with Crippen LogP contribution in [0.5, 0.6) is 0 Å². The van der Waals surface area contributed by atoms with E-state index in [1.165, 1.54) is 11.8 Å². The Bertz CT molecular complexity index is 401. The monoisotopic (exact) mass is 242 g/mol. The summed E-state index contributed by atoms with van der Waals surface area (Å²) in [7, 11) is 0. The molecule has 0 spiro atoms. The van der Waals surface area contributed by atoms with Gasteiger partial charge in [0, 0.05) is 17.0 Å². The molecule has 0 saturated carbocycles. The molecule has 1 rings (SSSR count). The molecule has 0 bridgehead atoms. The number of nitrogens with zero attached hydrogens (tertiary/aromatic N) is 1. The van der Waals surface area contributed by atoms with Gasteiger partial charge in [-0.15, -0.1) is 0 Å². The van der Waals surface area contributed by atoms with Crippen LogP contribution in [0.25, 0.3) is 0 Å². The van der Waals surface area contributed by atoms with E-state index < -0.39 is 0 Å². The van der Waals surface area contributed by atoms with Gasteiger partial charge in [0.25, 0.3) is 5.56 Å². The van der Waals surface area contributed by atoms with E-state index in [0.717, 1.165) is 17.7 Å². The number of rotatable bonds is 5. The van der Waals surface area contributed by atoms with Gasteiger partial charge in [0.05, 0.1) is 6.61 Å². The van der Waals surface area contributed by atoms with Crippen molar-refractivity contribution < 1.29 is 5.11 Å². The fourth-order valence-electron chi connectivity index (χ4n) is 1.44. The van der Waals surface area contributed by atoms with E-state index in [2.05, 4.69) is 23.8 Å². The summed E-state index contributed by atoms with van der Waals surface area (Å²) in [5.41, 5.74) is 1.50. The number of aliphatic hydroxyl groups is 1. The number of hydrogen-bond donors (Lipinski definition) is 2. The van der Waals surface area contributed by atoms with Gasteiger partial charge in [-0.2, -0.15) is 0 Å². The number of H-pyrrole nitrogens is 1. The SMILES string of the molecule is Cc1nc(SCCO)[nH]c(=O)c1CC(C)C. The highest BCUT2D eigenvalue weighted by Crippen LogP contribution is 2.13. The van der Waals surface area contributed by atoms with E-state index in [9.17, 15) is 4.79 Å². The second kappa shape index (κ2) is 6.06. The lowest BCUT2D eigenvalue weighted by atomic mass is 10.0. The van der Waals surface area contributed by atoms with Crippen LogP contribution in [0.3, 0.4) is 0 Å². The van der Waals surface area contributed by atoms with E-state index >= 15 is 0 Å². The van der Waals surface area contributed by atoms with Crippen LogP contribution in [-0.2, 0) is 6.42 Å². The minimum absolute atomic E-state index is 0.0540. The van der Waals surface area contributed by atoms with E-state index in [-0.39, 0.29) is 12.2 Å². The molecule has 1 aromatic rings. The molecule has 2 N–H and O–H groups in total. The molecule has 1 heterocycles. The minimum Gasteiger partial charge on any atom is -0.396 e. The molecule has 4 nitrogen and oxygen atoms in total. The second-order valence-corrected chi connectivity index (χ2v) is 5.19. The number of aliphatic hydroxyl groups excluding tert-OH is 1. The van der Waals surface area contributed by atoms with Crippen molar-refractivity contribution in [2.75, 3.05) is 12.4 Å². The summed E-state index contributed by atoms with van der Waals surface area (Å²) in [6.07, 6.45) is 0.749. The van der Waals surface area contributed by atoms with Crippen LogP contribution < -0.4 is 5.56 Å². The first-order chi connectivity index (χ1) is 7.54. The summed E-state index contributed by atoms with van der Waals surface area (Å²) < 4.78 is 0. The van der Waals surface area contributed by atoms with Gasteiger partial charge in [0.15, 0.2) is 5.16 Å². The molecule has 0 fully saturated rings. The summed E-state index contributed by atoms with van der Waals surface area (Å²) in [5.74, 6) is 0.990. The maximum absolute atomic E-state index is 11.8. The zero-order valence-corrected chi connectivity index (χ0v) is 10.7. The Balaban J connectivity index is 2.94. The highest BCUT2D eigenvalue weighted by atomic mass is 32.2. The number of nitrogens with one attached hydrogen (secondary N) is 1. The Morgan fingerprint density at radius 2 is 2.19 bits per heavy atom. The van der Waals surface area contributed by atoms with Crippen LogP contribution in [0, 0.1) is 12.8 Å². The minimum atomic E-state index is -0.0540. The summed E-state index contributed by atoms with van der Waals surface area (Å²) in [6, 6.07) is 0. The Morgan fingerprint density at radius 3 is 2.69 bits per heavy atom. The molecule has 16 heavy (non-hydrogen) atoms. The predicted molar refractivity (Wildman–Crippen MR) is 65.9 cm³/mol. The third-order valence-electron chi connectivity index (χ3n) is 2.14. The lowest BCUT2D eigenvalue weighted by molar-refractivity contribution is 0.322. The molecule has 90 valence electrons. The van der Waals surface area contributed by atoms with Crippen molar-refractivity contribution in [1.29, 1.82) is 0 Å². The van der Waals surface area contributed by atoms with Crippen molar-refractivity contribution >= 4 is 11.8 Å². The van der Waals surface area contributed by atoms with Crippen molar-refractivity contribution in [2.24, 2.45) is 5.92 Å². The molecule has 0 atom stereocenters. The van der Waals surface area contributed by atoms with Gasteiger partial charge in [-0.25, -0.2) is 4.98 Å². The molecule has 0 saturated heterocycles. The Labute approximate surface area is 99.5 Å². The van der Waals surface area contributed by atoms with Crippen molar-refractivity contribution in [2.45, 2.75) is 32.3 Å². The number of aryl methyl sites for hydroxylation is 1. The van der Waals surface area contributed by atoms with Crippen molar-refractivity contribution in [1.82, 2.24) is 9.97 Å². The highest BCUT2D eigenvalue weighted by molar-refractivity contribution is 7.99. The average molecular weight is 242 g/mol. The maximum atomic E-state index is 11.8. The molecular weight excluding hydrogens is 224 g/mol. The van der Waals surface area contributed by atoms with Crippen LogP contribution >= 0.6 is 11.8 Å². The smallest absolute Gasteiger partial charge is 0.254 e. The normalized spacial score (nSPS) is 11.1. The van der Waals surface area contributed by atoms with Crippen LogP contribution in [0.15, 0.2) is 9.95 Å². The Hall–Kier alpha value is -0.810. The number of thioether (sulfide) groups is 1. The summed E-state index contributed by atoms with van der Waals surface area (Å²) in [6.45, 7) is 6.09. The molecular formula is C11H18N2O2S. The molecule has 1 aromatic heterocycles. The largest absolute Gasteiger partial charge is 0.396 e. The van der Waals surface area contributed by atoms with Gasteiger partial charge in [-0.3, -0.25) is 4.79 Å². The van der Waals surface area contributed by atoms with Crippen LogP contribution in [-0.4, -0.2) is 27.4 Å². The van der Waals surface area contributed by atoms with Crippen molar-refractivity contribution in [3.8, 4) is 0 Å². The molecule has 0 aliphatic carbocycles. The van der Waals surface area contributed by atoms with Crippen molar-refractivity contribution in [3.05, 3.63) is 21.6 Å². The Kier molecular flexibility index (Phi) is 5.02. The number of aromatic nitrogens is 2. The number of aromatic amines is 1. The molecule has 5 heteroatoms. The second-order valence-electron chi connectivity index (χ2n) is 4.11. The van der Waals surface area contributed by atoms with Gasteiger partial charge < -0.3 is 10.1 Å². The quantitative estimate of drug-likeness (QED) is 0.604. The topological polar surface area (TPSA) is 66.0 Å². The van der Waals surface area contributed by atoms with Gasteiger partial charge in [-0.1, -0.05) is 25.6 Å². The molecule has 0 aliphatic heterocycles. The van der Waals surface area contributed by atoms with Gasteiger partial charge in [0.1, 0.15) is 0 Å². The molecule has 0 radical (unpaired) electrons. The lowest BCUT2D eigenvalue weighted by Gasteiger charge is -2.08. The van der Waals surface area contributed by atoms with Crippen molar-refractivity contribution in [3.63, 3.8) is 0 Å². The highest BCUT2D eigenvalue weighted by Gasteiger charge is 2.09. The third kappa shape index (κ3) is 3.64. The maximum Gasteiger partial charge on any atom is 0.254 e. The van der Waals surface area contributed by atoms with Gasteiger partial charge >= 0.3 is 0 Å². The van der Waals surface area contributed by atoms with Gasteiger partial charge in [-0.05, 0) is 19.3 Å². The average Bonchev–Trinajstić information content (AvgIpc) is 2.20. The number of hydrogen-bond acceptors (Lipinski definition) is 4. The van der Waals surface area contributed by atoms with E-state index in [4.69, 9.17) is 5.11 Å². The summed E-state index contributed by atoms with van der Waals surface area (Å²) >= 11 is 1.36. The fourth-order valence-corrected chi connectivity index (χ4v) is 2.09. The zero-order chi connectivity index (χ0) is 12.1. The lowest BCUT2D eigenvalue weighted by Crippen LogP contribution is -2.19. The fraction of sp³-hybridized carbons (Fsp3) is 0.636. The predicted octanol–water partition coefficient (Wildman–Crippen LogP) is 1.36. The summed E-state index contributed by atoms with van der Waals surface area (Å²) in [4.78, 5) is 18.9. The van der Waals surface area contributed by atoms with E-state index in [1.54, 1.807) is 0 Å². The first-order valence-electron chi connectivity index (χ1n) is 5.38. The van der Waals surface area contributed by atoms with Crippen LogP contribution in [0.2, 0.25) is 0 Å². The molecule has 0 amide bonds. The zero-order valence-electron chi connectivity index (χ0n) is 9.91. The molecule has 0 unspecified atom stereocenters. The molecule has 0 aromatic carbocycles.